The number of amides is 2. The van der Waals surface area contributed by atoms with E-state index in [2.05, 4.69) is 10.2 Å². The Morgan fingerprint density at radius 3 is 2.23 bits per heavy atom. The van der Waals surface area contributed by atoms with Gasteiger partial charge in [-0.1, -0.05) is 12.1 Å². The minimum atomic E-state index is -0.341. The number of carbonyl (C=O) groups is 2. The third-order valence-electron chi connectivity index (χ3n) is 4.92. The lowest BCUT2D eigenvalue weighted by atomic mass is 10.2. The Morgan fingerprint density at radius 2 is 1.57 bits per heavy atom. The lowest BCUT2D eigenvalue weighted by Crippen LogP contribution is -2.51. The molecule has 1 fully saturated rings. The van der Waals surface area contributed by atoms with Gasteiger partial charge in [-0.05, 0) is 36.4 Å². The van der Waals surface area contributed by atoms with Crippen LogP contribution in [-0.2, 0) is 9.59 Å². The number of nitrogens with one attached hydrogen (secondary N) is 1. The Hall–Kier alpha value is -3.42. The van der Waals surface area contributed by atoms with E-state index in [1.165, 1.54) is 0 Å². The van der Waals surface area contributed by atoms with Crippen LogP contribution in [0.4, 0.5) is 5.69 Å². The molecule has 30 heavy (non-hydrogen) atoms. The van der Waals surface area contributed by atoms with E-state index in [-0.39, 0.29) is 25.0 Å². The fourth-order valence-corrected chi connectivity index (χ4v) is 3.25. The van der Waals surface area contributed by atoms with Crippen LogP contribution in [0.25, 0.3) is 0 Å². The molecule has 2 aromatic carbocycles. The molecule has 1 saturated heterocycles. The van der Waals surface area contributed by atoms with Gasteiger partial charge < -0.3 is 29.3 Å². The molecule has 8 heteroatoms. The van der Waals surface area contributed by atoms with Crippen molar-refractivity contribution in [3.05, 3.63) is 48.5 Å². The normalized spacial score (nSPS) is 13.5. The third kappa shape index (κ3) is 5.56. The molecule has 0 aromatic heterocycles. The SMILES string of the molecule is COc1ccc(OCC(=O)NCC(=O)N2CCN(c3ccccc3OC)CC2)cc1. The maximum absolute atomic E-state index is 12.4. The van der Waals surface area contributed by atoms with Gasteiger partial charge in [0.1, 0.15) is 17.2 Å². The van der Waals surface area contributed by atoms with Crippen molar-refractivity contribution in [2.75, 3.05) is 58.5 Å². The van der Waals surface area contributed by atoms with E-state index in [9.17, 15) is 9.59 Å². The second-order valence-electron chi connectivity index (χ2n) is 6.78. The molecule has 0 bridgehead atoms. The molecule has 0 spiro atoms. The van der Waals surface area contributed by atoms with Crippen LogP contribution in [0.1, 0.15) is 0 Å². The summed E-state index contributed by atoms with van der Waals surface area (Å²) in [6.07, 6.45) is 0. The monoisotopic (exact) mass is 413 g/mol. The van der Waals surface area contributed by atoms with Crippen LogP contribution in [0.5, 0.6) is 17.2 Å². The molecule has 2 amide bonds. The van der Waals surface area contributed by atoms with Crippen molar-refractivity contribution in [2.45, 2.75) is 0 Å². The average Bonchev–Trinajstić information content (AvgIpc) is 2.81. The summed E-state index contributed by atoms with van der Waals surface area (Å²) >= 11 is 0. The van der Waals surface area contributed by atoms with Crippen LogP contribution in [0.3, 0.4) is 0 Å². The number of ether oxygens (including phenoxy) is 3. The average molecular weight is 413 g/mol. The number of methoxy groups -OCH3 is 2. The third-order valence-corrected chi connectivity index (χ3v) is 4.92. The molecule has 1 aliphatic heterocycles. The van der Waals surface area contributed by atoms with Gasteiger partial charge in [0.15, 0.2) is 6.61 Å². The topological polar surface area (TPSA) is 80.3 Å². The van der Waals surface area contributed by atoms with Crippen LogP contribution < -0.4 is 24.4 Å². The molecule has 1 heterocycles. The highest BCUT2D eigenvalue weighted by Gasteiger charge is 2.23. The first kappa shape index (κ1) is 21.3. The minimum absolute atomic E-state index is 0.0422. The molecule has 160 valence electrons. The van der Waals surface area contributed by atoms with E-state index in [0.29, 0.717) is 37.7 Å². The standard InChI is InChI=1S/C22H27N3O5/c1-28-17-7-9-18(10-8-17)30-16-21(26)23-15-22(27)25-13-11-24(12-14-25)19-5-3-4-6-20(19)29-2/h3-10H,11-16H2,1-2H3,(H,23,26). The quantitative estimate of drug-likeness (QED) is 0.707. The van der Waals surface area contributed by atoms with Gasteiger partial charge in [0, 0.05) is 26.2 Å². The predicted molar refractivity (Wildman–Crippen MR) is 113 cm³/mol. The maximum Gasteiger partial charge on any atom is 0.258 e. The summed E-state index contributed by atoms with van der Waals surface area (Å²) in [5.74, 6) is 1.65. The molecule has 3 rings (SSSR count). The number of rotatable bonds is 8. The molecule has 0 aliphatic carbocycles. The van der Waals surface area contributed by atoms with Gasteiger partial charge in [-0.15, -0.1) is 0 Å². The highest BCUT2D eigenvalue weighted by molar-refractivity contribution is 5.85. The molecule has 0 unspecified atom stereocenters. The predicted octanol–water partition coefficient (Wildman–Crippen LogP) is 1.55. The number of para-hydroxylation sites is 2. The molecule has 1 N–H and O–H groups in total. The second-order valence-corrected chi connectivity index (χ2v) is 6.78. The van der Waals surface area contributed by atoms with Crippen molar-refractivity contribution in [1.29, 1.82) is 0 Å². The summed E-state index contributed by atoms with van der Waals surface area (Å²) in [6, 6.07) is 14.8. The Balaban J connectivity index is 1.39. The lowest BCUT2D eigenvalue weighted by Gasteiger charge is -2.36. The maximum atomic E-state index is 12.4. The van der Waals surface area contributed by atoms with Crippen LogP contribution in [0.2, 0.25) is 0 Å². The largest absolute Gasteiger partial charge is 0.497 e. The second kappa shape index (κ2) is 10.4. The number of benzene rings is 2. The lowest BCUT2D eigenvalue weighted by molar-refractivity contribution is -0.133. The van der Waals surface area contributed by atoms with E-state index in [4.69, 9.17) is 14.2 Å². The van der Waals surface area contributed by atoms with E-state index in [1.54, 1.807) is 43.4 Å². The smallest absolute Gasteiger partial charge is 0.258 e. The number of nitrogens with zero attached hydrogens (tertiary/aromatic N) is 2. The highest BCUT2D eigenvalue weighted by Crippen LogP contribution is 2.28. The number of hydrogen-bond donors (Lipinski definition) is 1. The van der Waals surface area contributed by atoms with Gasteiger partial charge in [-0.3, -0.25) is 9.59 Å². The molecule has 1 aliphatic rings. The van der Waals surface area contributed by atoms with Gasteiger partial charge in [-0.25, -0.2) is 0 Å². The van der Waals surface area contributed by atoms with Crippen molar-refractivity contribution in [2.24, 2.45) is 0 Å². The summed E-state index contributed by atoms with van der Waals surface area (Å²) in [7, 11) is 3.23. The zero-order valence-corrected chi connectivity index (χ0v) is 17.3. The number of piperazine rings is 1. The number of anilines is 1. The first-order valence-electron chi connectivity index (χ1n) is 9.80. The van der Waals surface area contributed by atoms with Crippen LogP contribution >= 0.6 is 0 Å². The molecule has 2 aromatic rings. The highest BCUT2D eigenvalue weighted by atomic mass is 16.5. The van der Waals surface area contributed by atoms with Gasteiger partial charge in [0.25, 0.3) is 5.91 Å². The van der Waals surface area contributed by atoms with Gasteiger partial charge in [0.05, 0.1) is 26.5 Å². The Morgan fingerprint density at radius 1 is 0.900 bits per heavy atom. The van der Waals surface area contributed by atoms with Crippen LogP contribution in [0, 0.1) is 0 Å². The van der Waals surface area contributed by atoms with Crippen LogP contribution in [-0.4, -0.2) is 70.3 Å². The van der Waals surface area contributed by atoms with E-state index in [0.717, 1.165) is 11.4 Å². The van der Waals surface area contributed by atoms with Gasteiger partial charge in [0.2, 0.25) is 5.91 Å². The van der Waals surface area contributed by atoms with Crippen LogP contribution in [0.15, 0.2) is 48.5 Å². The molecule has 8 nitrogen and oxygen atoms in total. The minimum Gasteiger partial charge on any atom is -0.497 e. The zero-order chi connectivity index (χ0) is 21.3. The molecular weight excluding hydrogens is 386 g/mol. The Bertz CT molecular complexity index is 848. The molecular formula is C22H27N3O5. The first-order chi connectivity index (χ1) is 14.6. The summed E-state index contributed by atoms with van der Waals surface area (Å²) in [5, 5.41) is 2.62. The van der Waals surface area contributed by atoms with Crippen molar-refractivity contribution < 1.29 is 23.8 Å². The fourth-order valence-electron chi connectivity index (χ4n) is 3.25. The zero-order valence-electron chi connectivity index (χ0n) is 17.3. The van der Waals surface area contributed by atoms with Crippen molar-refractivity contribution in [3.8, 4) is 17.2 Å². The summed E-state index contributed by atoms with van der Waals surface area (Å²) in [4.78, 5) is 28.4. The summed E-state index contributed by atoms with van der Waals surface area (Å²) in [5.41, 5.74) is 1.02. The van der Waals surface area contributed by atoms with Crippen molar-refractivity contribution in [1.82, 2.24) is 10.2 Å². The summed E-state index contributed by atoms with van der Waals surface area (Å²) < 4.78 is 15.9. The molecule has 0 saturated carbocycles. The molecule has 0 radical (unpaired) electrons. The van der Waals surface area contributed by atoms with Crippen molar-refractivity contribution in [3.63, 3.8) is 0 Å². The van der Waals surface area contributed by atoms with Crippen molar-refractivity contribution >= 4 is 17.5 Å². The van der Waals surface area contributed by atoms with E-state index < -0.39 is 0 Å². The number of hydrogen-bond acceptors (Lipinski definition) is 6. The Labute approximate surface area is 176 Å². The fraction of sp³-hybridized carbons (Fsp3) is 0.364. The van der Waals surface area contributed by atoms with E-state index in [1.807, 2.05) is 24.3 Å². The number of carbonyl (C=O) groups excluding carboxylic acids is 2. The van der Waals surface area contributed by atoms with Gasteiger partial charge in [-0.2, -0.15) is 0 Å². The molecule has 0 atom stereocenters. The summed E-state index contributed by atoms with van der Waals surface area (Å²) in [6.45, 7) is 2.41. The van der Waals surface area contributed by atoms with E-state index >= 15 is 0 Å². The van der Waals surface area contributed by atoms with Gasteiger partial charge >= 0.3 is 0 Å². The first-order valence-corrected chi connectivity index (χ1v) is 9.80. The Kier molecular flexibility index (Phi) is 7.37.